The molecule has 2 aromatic heterocycles. The summed E-state index contributed by atoms with van der Waals surface area (Å²) >= 11 is 0. The lowest BCUT2D eigenvalue weighted by atomic mass is 9.98. The van der Waals surface area contributed by atoms with E-state index < -0.39 is 26.8 Å². The molecule has 0 unspecified atom stereocenters. The molecule has 13 heteroatoms. The van der Waals surface area contributed by atoms with E-state index in [1.807, 2.05) is 24.6 Å². The molecule has 0 amide bonds. The minimum Gasteiger partial charge on any atom is -0.440 e. The summed E-state index contributed by atoms with van der Waals surface area (Å²) in [6, 6.07) is 14.7. The topological polar surface area (TPSA) is 96.5 Å². The Balaban J connectivity index is 1.55. The Morgan fingerprint density at radius 2 is 1.57 bits per heavy atom. The number of aryl methyl sites for hydroxylation is 3. The zero-order chi connectivity index (χ0) is 30.0. The standard InChI is InChI=1S/C29H21F4N3O5S/c1-15-14-36(16(2)34-15)23-9-7-19(18-5-4-6-21(11-18)42(37,38)28(30)31)12-22(23)26-27(39-17(3)35-26)20-8-10-24-25(13-20)41-29(32,33)40-24/h4-14,28H,1-3H3. The molecule has 1 aliphatic rings. The SMILES string of the molecule is Cc1cn(-c2ccc(-c3cccc(S(=O)(=O)C(F)F)c3)cc2-c2nc(C)oc2-c2ccc3c(c2)OC(F)(F)O3)c(C)n1. The Morgan fingerprint density at radius 3 is 2.29 bits per heavy atom. The van der Waals surface area contributed by atoms with Crippen molar-refractivity contribution in [2.24, 2.45) is 0 Å². The number of ether oxygens (including phenoxy) is 2. The van der Waals surface area contributed by atoms with Crippen molar-refractivity contribution >= 4 is 9.84 Å². The van der Waals surface area contributed by atoms with Gasteiger partial charge in [0.1, 0.15) is 11.5 Å². The number of benzene rings is 3. The molecule has 216 valence electrons. The van der Waals surface area contributed by atoms with E-state index in [2.05, 4.69) is 19.4 Å². The summed E-state index contributed by atoms with van der Waals surface area (Å²) < 4.78 is 95.1. The molecule has 0 saturated heterocycles. The molecular formula is C29H21F4N3O5S. The molecule has 0 spiro atoms. The fraction of sp³-hybridized carbons (Fsp3) is 0.172. The van der Waals surface area contributed by atoms with Crippen LogP contribution in [0.15, 0.2) is 76.2 Å². The number of hydrogen-bond acceptors (Lipinski definition) is 7. The lowest BCUT2D eigenvalue weighted by Crippen LogP contribution is -2.25. The molecule has 3 heterocycles. The van der Waals surface area contributed by atoms with Crippen molar-refractivity contribution in [3.63, 3.8) is 0 Å². The fourth-order valence-electron chi connectivity index (χ4n) is 4.83. The highest BCUT2D eigenvalue weighted by Crippen LogP contribution is 2.45. The first-order chi connectivity index (χ1) is 19.8. The van der Waals surface area contributed by atoms with Gasteiger partial charge in [-0.15, -0.1) is 8.78 Å². The number of alkyl halides is 4. The van der Waals surface area contributed by atoms with Crippen LogP contribution < -0.4 is 9.47 Å². The minimum absolute atomic E-state index is 0.132. The van der Waals surface area contributed by atoms with Crippen molar-refractivity contribution in [1.29, 1.82) is 0 Å². The van der Waals surface area contributed by atoms with Gasteiger partial charge in [0.2, 0.25) is 9.84 Å². The number of hydrogen-bond donors (Lipinski definition) is 0. The maximum atomic E-state index is 13.7. The normalized spacial score (nSPS) is 14.1. The number of halogens is 4. The van der Waals surface area contributed by atoms with Gasteiger partial charge in [0, 0.05) is 24.2 Å². The summed E-state index contributed by atoms with van der Waals surface area (Å²) in [6.45, 7) is 5.28. The van der Waals surface area contributed by atoms with Gasteiger partial charge in [0.05, 0.1) is 16.3 Å². The Hall–Kier alpha value is -4.65. The van der Waals surface area contributed by atoms with Crippen molar-refractivity contribution in [2.45, 2.75) is 37.7 Å². The van der Waals surface area contributed by atoms with Crippen LogP contribution in [0.4, 0.5) is 17.6 Å². The molecule has 1 aliphatic heterocycles. The van der Waals surface area contributed by atoms with E-state index in [1.54, 1.807) is 31.2 Å². The zero-order valence-electron chi connectivity index (χ0n) is 22.2. The maximum absolute atomic E-state index is 13.7. The van der Waals surface area contributed by atoms with Gasteiger partial charge in [-0.3, -0.25) is 0 Å². The molecule has 6 rings (SSSR count). The molecule has 8 nitrogen and oxygen atoms in total. The van der Waals surface area contributed by atoms with E-state index in [0.717, 1.165) is 11.8 Å². The van der Waals surface area contributed by atoms with Crippen LogP contribution in [-0.2, 0) is 9.84 Å². The first-order valence-electron chi connectivity index (χ1n) is 12.5. The molecule has 0 bridgehead atoms. The molecule has 0 aliphatic carbocycles. The van der Waals surface area contributed by atoms with E-state index in [-0.39, 0.29) is 23.1 Å². The third kappa shape index (κ3) is 4.79. The van der Waals surface area contributed by atoms with Crippen LogP contribution in [0.3, 0.4) is 0 Å². The monoisotopic (exact) mass is 599 g/mol. The summed E-state index contributed by atoms with van der Waals surface area (Å²) in [6.07, 6.45) is -1.98. The number of rotatable bonds is 6. The number of oxazole rings is 1. The second-order valence-corrected chi connectivity index (χ2v) is 11.5. The highest BCUT2D eigenvalue weighted by Gasteiger charge is 2.43. The smallest absolute Gasteiger partial charge is 0.440 e. The molecule has 0 atom stereocenters. The maximum Gasteiger partial charge on any atom is 0.586 e. The van der Waals surface area contributed by atoms with Gasteiger partial charge in [-0.1, -0.05) is 18.2 Å². The Labute approximate surface area is 237 Å². The van der Waals surface area contributed by atoms with Crippen molar-refractivity contribution < 1.29 is 39.9 Å². The van der Waals surface area contributed by atoms with Gasteiger partial charge < -0.3 is 18.5 Å². The summed E-state index contributed by atoms with van der Waals surface area (Å²) in [5.41, 5.74) is 3.50. The molecule has 3 aromatic carbocycles. The molecule has 0 saturated carbocycles. The summed E-state index contributed by atoms with van der Waals surface area (Å²) in [7, 11) is -4.83. The number of sulfone groups is 1. The summed E-state index contributed by atoms with van der Waals surface area (Å²) in [5.74, 6) is -2.69. The van der Waals surface area contributed by atoms with Gasteiger partial charge >= 0.3 is 12.1 Å². The Bertz CT molecular complexity index is 1970. The first-order valence-corrected chi connectivity index (χ1v) is 14.0. The summed E-state index contributed by atoms with van der Waals surface area (Å²) in [5, 5.41) is 0. The van der Waals surface area contributed by atoms with Crippen LogP contribution in [0.5, 0.6) is 11.5 Å². The van der Waals surface area contributed by atoms with Crippen LogP contribution in [0, 0.1) is 20.8 Å². The third-order valence-corrected chi connectivity index (χ3v) is 8.02. The van der Waals surface area contributed by atoms with Crippen molar-refractivity contribution in [2.75, 3.05) is 0 Å². The van der Waals surface area contributed by atoms with E-state index >= 15 is 0 Å². The van der Waals surface area contributed by atoms with E-state index in [1.165, 1.54) is 30.3 Å². The van der Waals surface area contributed by atoms with Crippen LogP contribution in [0.25, 0.3) is 39.4 Å². The number of aromatic nitrogens is 3. The van der Waals surface area contributed by atoms with Gasteiger partial charge in [0.15, 0.2) is 23.1 Å². The highest BCUT2D eigenvalue weighted by molar-refractivity contribution is 7.91. The number of nitrogens with zero attached hydrogens (tertiary/aromatic N) is 3. The average Bonchev–Trinajstić information content (AvgIpc) is 3.59. The largest absolute Gasteiger partial charge is 0.586 e. The molecule has 42 heavy (non-hydrogen) atoms. The van der Waals surface area contributed by atoms with Crippen molar-refractivity contribution in [3.8, 4) is 50.9 Å². The van der Waals surface area contributed by atoms with Crippen LogP contribution in [0.2, 0.25) is 0 Å². The predicted octanol–water partition coefficient (Wildman–Crippen LogP) is 7.10. The average molecular weight is 600 g/mol. The van der Waals surface area contributed by atoms with Crippen LogP contribution >= 0.6 is 0 Å². The second kappa shape index (κ2) is 9.72. The summed E-state index contributed by atoms with van der Waals surface area (Å²) in [4.78, 5) is 8.56. The lowest BCUT2D eigenvalue weighted by Gasteiger charge is -2.14. The fourth-order valence-corrected chi connectivity index (χ4v) is 5.59. The molecule has 5 aromatic rings. The molecule has 0 fully saturated rings. The molecule has 0 N–H and O–H groups in total. The van der Waals surface area contributed by atoms with Gasteiger partial charge in [-0.2, -0.15) is 8.78 Å². The third-order valence-electron chi connectivity index (χ3n) is 6.64. The molecular weight excluding hydrogens is 578 g/mol. The van der Waals surface area contributed by atoms with E-state index in [9.17, 15) is 26.0 Å². The molecule has 0 radical (unpaired) electrons. The number of fused-ring (bicyclic) bond motifs is 1. The van der Waals surface area contributed by atoms with Crippen molar-refractivity contribution in [3.05, 3.63) is 84.3 Å². The number of imidazole rings is 1. The van der Waals surface area contributed by atoms with Crippen molar-refractivity contribution in [1.82, 2.24) is 14.5 Å². The first kappa shape index (κ1) is 27.5. The van der Waals surface area contributed by atoms with E-state index in [0.29, 0.717) is 39.5 Å². The minimum atomic E-state index is -4.83. The highest BCUT2D eigenvalue weighted by atomic mass is 32.2. The lowest BCUT2D eigenvalue weighted by molar-refractivity contribution is -0.286. The van der Waals surface area contributed by atoms with E-state index in [4.69, 9.17) is 4.42 Å². The van der Waals surface area contributed by atoms with Crippen LogP contribution in [0.1, 0.15) is 17.4 Å². The second-order valence-electron chi connectivity index (χ2n) is 9.60. The Kier molecular flexibility index (Phi) is 6.37. The zero-order valence-corrected chi connectivity index (χ0v) is 23.0. The quantitative estimate of drug-likeness (QED) is 0.192. The predicted molar refractivity (Wildman–Crippen MR) is 144 cm³/mol. The van der Waals surface area contributed by atoms with Gasteiger partial charge in [-0.25, -0.2) is 18.4 Å². The van der Waals surface area contributed by atoms with Gasteiger partial charge in [0.25, 0.3) is 0 Å². The van der Waals surface area contributed by atoms with Crippen LogP contribution in [-0.4, -0.2) is 35.0 Å². The van der Waals surface area contributed by atoms with Gasteiger partial charge in [-0.05, 0) is 67.4 Å². The Morgan fingerprint density at radius 1 is 0.857 bits per heavy atom.